The van der Waals surface area contributed by atoms with E-state index in [2.05, 4.69) is 9.97 Å². The van der Waals surface area contributed by atoms with Crippen LogP contribution >= 0.6 is 0 Å². The first-order valence-corrected chi connectivity index (χ1v) is 8.05. The van der Waals surface area contributed by atoms with Gasteiger partial charge in [-0.15, -0.1) is 0 Å². The maximum atomic E-state index is 12.4. The van der Waals surface area contributed by atoms with Gasteiger partial charge >= 0.3 is 5.69 Å². The second-order valence-corrected chi connectivity index (χ2v) is 6.21. The Balaban J connectivity index is 1.80. The van der Waals surface area contributed by atoms with E-state index in [-0.39, 0.29) is 0 Å². The second-order valence-electron chi connectivity index (χ2n) is 6.21. The molecule has 1 fully saturated rings. The van der Waals surface area contributed by atoms with Gasteiger partial charge in [0.25, 0.3) is 5.56 Å². The van der Waals surface area contributed by atoms with E-state index in [0.29, 0.717) is 37.5 Å². The Labute approximate surface area is 142 Å². The summed E-state index contributed by atoms with van der Waals surface area (Å²) in [6.45, 7) is 3.49. The number of hydrogen-bond donors (Lipinski definition) is 1. The first-order valence-electron chi connectivity index (χ1n) is 8.05. The number of imidazole rings is 1. The number of aromatic amines is 1. The number of benzene rings is 1. The first kappa shape index (κ1) is 15.8. The van der Waals surface area contributed by atoms with Crippen molar-refractivity contribution in [3.8, 4) is 0 Å². The molecule has 0 atom stereocenters. The quantitative estimate of drug-likeness (QED) is 0.753. The normalized spacial score (nSPS) is 16.5. The minimum absolute atomic E-state index is 0.316. The molecule has 0 amide bonds. The molecule has 1 aromatic carbocycles. The zero-order valence-electron chi connectivity index (χ0n) is 13.8. The van der Waals surface area contributed by atoms with Gasteiger partial charge in [0, 0.05) is 0 Å². The van der Waals surface area contributed by atoms with E-state index in [0.717, 1.165) is 5.56 Å². The standard InChI is InChI=1S/C17H18N4O4/c1-17(24-7-8-25-17)10-20-11-18-14-13(20)15(22)19-16(23)21(14)9-12-5-3-2-4-6-12/h2-6,11H,7-10H2,1H3,(H,19,22,23). The van der Waals surface area contributed by atoms with Crippen LogP contribution in [0.1, 0.15) is 12.5 Å². The summed E-state index contributed by atoms with van der Waals surface area (Å²) in [5, 5.41) is 0. The van der Waals surface area contributed by atoms with Crippen molar-refractivity contribution in [1.29, 1.82) is 0 Å². The lowest BCUT2D eigenvalue weighted by atomic mass is 10.2. The molecule has 2 aromatic heterocycles. The van der Waals surface area contributed by atoms with Crippen molar-refractivity contribution >= 4 is 11.2 Å². The van der Waals surface area contributed by atoms with E-state index >= 15 is 0 Å². The van der Waals surface area contributed by atoms with Crippen molar-refractivity contribution in [2.45, 2.75) is 25.8 Å². The van der Waals surface area contributed by atoms with Gasteiger partial charge in [0.1, 0.15) is 0 Å². The molecule has 1 saturated heterocycles. The fourth-order valence-corrected chi connectivity index (χ4v) is 3.11. The van der Waals surface area contributed by atoms with Crippen LogP contribution in [0.5, 0.6) is 0 Å². The summed E-state index contributed by atoms with van der Waals surface area (Å²) >= 11 is 0. The van der Waals surface area contributed by atoms with Crippen LogP contribution in [-0.4, -0.2) is 38.1 Å². The second kappa shape index (κ2) is 5.98. The largest absolute Gasteiger partial charge is 0.346 e. The molecule has 1 aliphatic heterocycles. The number of hydrogen-bond acceptors (Lipinski definition) is 5. The number of nitrogens with zero attached hydrogens (tertiary/aromatic N) is 3. The van der Waals surface area contributed by atoms with Crippen molar-refractivity contribution in [3.05, 3.63) is 63.1 Å². The Bertz CT molecular complexity index is 1010. The maximum absolute atomic E-state index is 12.4. The van der Waals surface area contributed by atoms with E-state index in [4.69, 9.17) is 9.47 Å². The Hall–Kier alpha value is -2.71. The van der Waals surface area contributed by atoms with Crippen molar-refractivity contribution in [3.63, 3.8) is 0 Å². The van der Waals surface area contributed by atoms with Gasteiger partial charge < -0.3 is 14.0 Å². The molecule has 3 aromatic rings. The van der Waals surface area contributed by atoms with E-state index < -0.39 is 17.0 Å². The molecule has 8 heteroatoms. The summed E-state index contributed by atoms with van der Waals surface area (Å²) in [6.07, 6.45) is 1.54. The van der Waals surface area contributed by atoms with Gasteiger partial charge in [0.15, 0.2) is 17.0 Å². The van der Waals surface area contributed by atoms with Crippen LogP contribution in [0, 0.1) is 0 Å². The molecular formula is C17H18N4O4. The van der Waals surface area contributed by atoms with Crippen LogP contribution < -0.4 is 11.2 Å². The summed E-state index contributed by atoms with van der Waals surface area (Å²) in [7, 11) is 0. The van der Waals surface area contributed by atoms with Gasteiger partial charge in [-0.05, 0) is 12.5 Å². The van der Waals surface area contributed by atoms with Crippen LogP contribution in [-0.2, 0) is 22.6 Å². The Morgan fingerprint density at radius 1 is 1.20 bits per heavy atom. The molecule has 4 rings (SSSR count). The van der Waals surface area contributed by atoms with Gasteiger partial charge in [-0.1, -0.05) is 30.3 Å². The Kier molecular flexibility index (Phi) is 3.78. The monoisotopic (exact) mass is 342 g/mol. The Morgan fingerprint density at radius 2 is 1.92 bits per heavy atom. The molecule has 1 aliphatic rings. The third kappa shape index (κ3) is 2.90. The number of aromatic nitrogens is 4. The topological polar surface area (TPSA) is 91.1 Å². The zero-order valence-corrected chi connectivity index (χ0v) is 13.8. The molecular weight excluding hydrogens is 324 g/mol. The fraction of sp³-hybridized carbons (Fsp3) is 0.353. The predicted octanol–water partition coefficient (Wildman–Crippen LogP) is 0.698. The number of fused-ring (bicyclic) bond motifs is 1. The molecule has 0 unspecified atom stereocenters. The molecule has 0 radical (unpaired) electrons. The van der Waals surface area contributed by atoms with Gasteiger partial charge in [0.2, 0.25) is 0 Å². The smallest absolute Gasteiger partial charge is 0.330 e. The lowest BCUT2D eigenvalue weighted by Gasteiger charge is -2.22. The van der Waals surface area contributed by atoms with E-state index in [1.807, 2.05) is 37.3 Å². The highest BCUT2D eigenvalue weighted by molar-refractivity contribution is 5.70. The van der Waals surface area contributed by atoms with Crippen LogP contribution in [0.25, 0.3) is 11.2 Å². The van der Waals surface area contributed by atoms with Crippen molar-refractivity contribution in [2.24, 2.45) is 0 Å². The summed E-state index contributed by atoms with van der Waals surface area (Å²) in [5.74, 6) is -0.805. The molecule has 8 nitrogen and oxygen atoms in total. The molecule has 0 aliphatic carbocycles. The van der Waals surface area contributed by atoms with E-state index in [1.54, 1.807) is 4.57 Å². The minimum atomic E-state index is -0.805. The van der Waals surface area contributed by atoms with Crippen LogP contribution in [0.3, 0.4) is 0 Å². The van der Waals surface area contributed by atoms with Crippen molar-refractivity contribution in [2.75, 3.05) is 13.2 Å². The van der Waals surface area contributed by atoms with Crippen LogP contribution in [0.15, 0.2) is 46.2 Å². The summed E-state index contributed by atoms with van der Waals surface area (Å²) in [6, 6.07) is 9.55. The lowest BCUT2D eigenvalue weighted by Crippen LogP contribution is -2.34. The average Bonchev–Trinajstić information content (AvgIpc) is 3.20. The highest BCUT2D eigenvalue weighted by Crippen LogP contribution is 2.22. The van der Waals surface area contributed by atoms with E-state index in [9.17, 15) is 9.59 Å². The molecule has 25 heavy (non-hydrogen) atoms. The van der Waals surface area contributed by atoms with Crippen LogP contribution in [0.4, 0.5) is 0 Å². The third-order valence-electron chi connectivity index (χ3n) is 4.29. The molecule has 0 spiro atoms. The van der Waals surface area contributed by atoms with Gasteiger partial charge in [-0.2, -0.15) is 0 Å². The SMILES string of the molecule is CC1(Cn2cnc3c2c(=O)[nH]c(=O)n3Cc2ccccc2)OCCO1. The van der Waals surface area contributed by atoms with Gasteiger partial charge in [0.05, 0.1) is 32.6 Å². The van der Waals surface area contributed by atoms with Crippen molar-refractivity contribution < 1.29 is 9.47 Å². The molecule has 3 heterocycles. The number of rotatable bonds is 4. The fourth-order valence-electron chi connectivity index (χ4n) is 3.11. The summed E-state index contributed by atoms with van der Waals surface area (Å²) in [4.78, 5) is 31.3. The van der Waals surface area contributed by atoms with Crippen LogP contribution in [0.2, 0.25) is 0 Å². The number of H-pyrrole nitrogens is 1. The molecule has 130 valence electrons. The highest BCUT2D eigenvalue weighted by Gasteiger charge is 2.32. The Morgan fingerprint density at radius 3 is 2.64 bits per heavy atom. The highest BCUT2D eigenvalue weighted by atomic mass is 16.7. The molecule has 0 saturated carbocycles. The predicted molar refractivity (Wildman–Crippen MR) is 90.5 cm³/mol. The molecule has 0 bridgehead atoms. The lowest BCUT2D eigenvalue weighted by molar-refractivity contribution is -0.151. The third-order valence-corrected chi connectivity index (χ3v) is 4.29. The number of nitrogens with one attached hydrogen (secondary N) is 1. The van der Waals surface area contributed by atoms with E-state index in [1.165, 1.54) is 10.9 Å². The van der Waals surface area contributed by atoms with Crippen molar-refractivity contribution in [1.82, 2.24) is 19.1 Å². The first-order chi connectivity index (χ1) is 12.1. The van der Waals surface area contributed by atoms with Gasteiger partial charge in [-0.3, -0.25) is 14.3 Å². The summed E-state index contributed by atoms with van der Waals surface area (Å²) < 4.78 is 14.3. The maximum Gasteiger partial charge on any atom is 0.330 e. The summed E-state index contributed by atoms with van der Waals surface area (Å²) in [5.41, 5.74) is 0.673. The average molecular weight is 342 g/mol. The zero-order chi connectivity index (χ0) is 17.4. The molecule has 1 N–H and O–H groups in total. The van der Waals surface area contributed by atoms with Gasteiger partial charge in [-0.25, -0.2) is 9.78 Å². The number of ether oxygens (including phenoxy) is 2. The minimum Gasteiger partial charge on any atom is -0.346 e.